The van der Waals surface area contributed by atoms with E-state index in [0.717, 1.165) is 24.3 Å². The van der Waals surface area contributed by atoms with E-state index < -0.39 is 28.3 Å². The molecule has 0 saturated carbocycles. The minimum atomic E-state index is -4.56. The van der Waals surface area contributed by atoms with Crippen LogP contribution in [0.4, 0.5) is 18.9 Å². The Bertz CT molecular complexity index is 854. The van der Waals surface area contributed by atoms with E-state index in [1.165, 1.54) is 13.0 Å². The number of ether oxygens (including phenoxy) is 2. The van der Waals surface area contributed by atoms with Crippen molar-refractivity contribution in [2.24, 2.45) is 0 Å². The zero-order valence-corrected chi connectivity index (χ0v) is 13.9. The number of rotatable bonds is 5. The molecule has 0 saturated heterocycles. The molecule has 0 heterocycles. The van der Waals surface area contributed by atoms with E-state index in [-0.39, 0.29) is 28.7 Å². The summed E-state index contributed by atoms with van der Waals surface area (Å²) in [6, 6.07) is 5.75. The number of nitro benzene ring substituents is 1. The number of benzene rings is 2. The van der Waals surface area contributed by atoms with E-state index >= 15 is 0 Å². The Morgan fingerprint density at radius 3 is 2.46 bits per heavy atom. The van der Waals surface area contributed by atoms with Crippen LogP contribution in [0.25, 0.3) is 0 Å². The van der Waals surface area contributed by atoms with Crippen LogP contribution in [-0.4, -0.2) is 17.5 Å². The number of nitro groups is 1. The maximum Gasteiger partial charge on any atom is 0.416 e. The fourth-order valence-corrected chi connectivity index (χ4v) is 2.22. The molecule has 0 aliphatic rings. The molecule has 0 bridgehead atoms. The molecular formula is C16H11ClF3NO5. The van der Waals surface area contributed by atoms with Crippen LogP contribution in [0, 0.1) is 10.1 Å². The van der Waals surface area contributed by atoms with Crippen molar-refractivity contribution in [1.29, 1.82) is 0 Å². The Labute approximate surface area is 150 Å². The summed E-state index contributed by atoms with van der Waals surface area (Å²) in [5.41, 5.74) is -1.79. The first-order valence-corrected chi connectivity index (χ1v) is 7.51. The summed E-state index contributed by atoms with van der Waals surface area (Å²) in [4.78, 5) is 22.1. The van der Waals surface area contributed by atoms with Crippen molar-refractivity contribution in [3.05, 3.63) is 62.7 Å². The summed E-state index contributed by atoms with van der Waals surface area (Å²) in [5.74, 6) is -1.06. The number of nitrogens with zero attached hydrogens (tertiary/aromatic N) is 1. The van der Waals surface area contributed by atoms with Gasteiger partial charge in [-0.25, -0.2) is 4.79 Å². The minimum Gasteiger partial charge on any atom is -0.462 e. The molecule has 10 heteroatoms. The number of carbonyl (C=O) groups is 1. The van der Waals surface area contributed by atoms with Crippen LogP contribution in [0.5, 0.6) is 11.5 Å². The molecule has 0 fully saturated rings. The highest BCUT2D eigenvalue weighted by atomic mass is 35.5. The second kappa shape index (κ2) is 7.61. The zero-order chi connectivity index (χ0) is 19.5. The van der Waals surface area contributed by atoms with Crippen molar-refractivity contribution in [2.75, 3.05) is 6.61 Å². The van der Waals surface area contributed by atoms with Gasteiger partial charge >= 0.3 is 12.1 Å². The Balaban J connectivity index is 2.37. The van der Waals surface area contributed by atoms with Gasteiger partial charge in [0.25, 0.3) is 5.69 Å². The second-order valence-electron chi connectivity index (χ2n) is 4.90. The molecular weight excluding hydrogens is 379 g/mol. The number of alkyl halides is 3. The SMILES string of the molecule is CCOC(=O)c1cc(Oc2ccc(C(F)(F)F)cc2Cl)ccc1[N+](=O)[O-]. The van der Waals surface area contributed by atoms with Gasteiger partial charge in [-0.15, -0.1) is 0 Å². The lowest BCUT2D eigenvalue weighted by Crippen LogP contribution is -2.08. The van der Waals surface area contributed by atoms with Crippen LogP contribution < -0.4 is 4.74 Å². The van der Waals surface area contributed by atoms with Gasteiger partial charge in [0.15, 0.2) is 0 Å². The topological polar surface area (TPSA) is 78.7 Å². The van der Waals surface area contributed by atoms with E-state index in [2.05, 4.69) is 0 Å². The smallest absolute Gasteiger partial charge is 0.416 e. The Morgan fingerprint density at radius 2 is 1.92 bits per heavy atom. The van der Waals surface area contributed by atoms with Gasteiger partial charge in [0, 0.05) is 12.1 Å². The van der Waals surface area contributed by atoms with Gasteiger partial charge in [-0.3, -0.25) is 10.1 Å². The Kier molecular flexibility index (Phi) is 5.71. The van der Waals surface area contributed by atoms with Gasteiger partial charge in [0.05, 0.1) is 22.1 Å². The monoisotopic (exact) mass is 389 g/mol. The molecule has 0 amide bonds. The maximum atomic E-state index is 12.6. The van der Waals surface area contributed by atoms with Crippen LogP contribution >= 0.6 is 11.6 Å². The normalized spacial score (nSPS) is 11.1. The van der Waals surface area contributed by atoms with Crippen LogP contribution in [0.2, 0.25) is 5.02 Å². The van der Waals surface area contributed by atoms with Crippen LogP contribution in [0.3, 0.4) is 0 Å². The summed E-state index contributed by atoms with van der Waals surface area (Å²) in [6.07, 6.45) is -4.56. The largest absolute Gasteiger partial charge is 0.462 e. The van der Waals surface area contributed by atoms with E-state index in [1.54, 1.807) is 0 Å². The first-order chi connectivity index (χ1) is 12.1. The highest BCUT2D eigenvalue weighted by Crippen LogP contribution is 2.37. The molecule has 2 rings (SSSR count). The number of halogens is 4. The average Bonchev–Trinajstić information content (AvgIpc) is 2.55. The van der Waals surface area contributed by atoms with Crippen LogP contribution in [0.15, 0.2) is 36.4 Å². The molecule has 0 atom stereocenters. The molecule has 0 N–H and O–H groups in total. The Hall–Kier alpha value is -2.81. The quantitative estimate of drug-likeness (QED) is 0.397. The lowest BCUT2D eigenvalue weighted by Gasteiger charge is -2.12. The van der Waals surface area contributed by atoms with E-state index in [1.807, 2.05) is 0 Å². The molecule has 2 aromatic carbocycles. The summed E-state index contributed by atoms with van der Waals surface area (Å²) >= 11 is 5.79. The molecule has 0 spiro atoms. The van der Waals surface area contributed by atoms with Crippen molar-refractivity contribution in [1.82, 2.24) is 0 Å². The lowest BCUT2D eigenvalue weighted by molar-refractivity contribution is -0.385. The fraction of sp³-hybridized carbons (Fsp3) is 0.188. The van der Waals surface area contributed by atoms with Gasteiger partial charge in [-0.1, -0.05) is 11.6 Å². The summed E-state index contributed by atoms with van der Waals surface area (Å²) in [7, 11) is 0. The second-order valence-corrected chi connectivity index (χ2v) is 5.31. The summed E-state index contributed by atoms with van der Waals surface area (Å²) < 4.78 is 48.0. The molecule has 6 nitrogen and oxygen atoms in total. The molecule has 0 aliphatic heterocycles. The Morgan fingerprint density at radius 1 is 1.23 bits per heavy atom. The number of carbonyl (C=O) groups excluding carboxylic acids is 1. The molecule has 0 radical (unpaired) electrons. The van der Waals surface area contributed by atoms with Crippen molar-refractivity contribution in [3.63, 3.8) is 0 Å². The molecule has 26 heavy (non-hydrogen) atoms. The predicted molar refractivity (Wildman–Crippen MR) is 85.6 cm³/mol. The number of hydrogen-bond acceptors (Lipinski definition) is 5. The van der Waals surface area contributed by atoms with Gasteiger partial charge in [-0.05, 0) is 31.2 Å². The first kappa shape index (κ1) is 19.5. The number of esters is 1. The highest BCUT2D eigenvalue weighted by molar-refractivity contribution is 6.32. The van der Waals surface area contributed by atoms with Crippen molar-refractivity contribution in [3.8, 4) is 11.5 Å². The average molecular weight is 390 g/mol. The van der Waals surface area contributed by atoms with Gasteiger partial charge in [0.2, 0.25) is 0 Å². The molecule has 0 unspecified atom stereocenters. The van der Waals surface area contributed by atoms with Crippen LogP contribution in [0.1, 0.15) is 22.8 Å². The van der Waals surface area contributed by atoms with Gasteiger partial charge in [0.1, 0.15) is 17.1 Å². The van der Waals surface area contributed by atoms with E-state index in [4.69, 9.17) is 21.1 Å². The third-order valence-corrected chi connectivity index (χ3v) is 3.44. The predicted octanol–water partition coefficient (Wildman–Crippen LogP) is 5.24. The summed E-state index contributed by atoms with van der Waals surface area (Å²) in [5, 5.41) is 10.7. The van der Waals surface area contributed by atoms with Crippen molar-refractivity contribution >= 4 is 23.3 Å². The molecule has 0 aliphatic carbocycles. The summed E-state index contributed by atoms with van der Waals surface area (Å²) in [6.45, 7) is 1.54. The van der Waals surface area contributed by atoms with E-state index in [0.29, 0.717) is 6.07 Å². The first-order valence-electron chi connectivity index (χ1n) is 7.13. The lowest BCUT2D eigenvalue weighted by atomic mass is 10.1. The molecule has 138 valence electrons. The van der Waals surface area contributed by atoms with Crippen molar-refractivity contribution in [2.45, 2.75) is 13.1 Å². The molecule has 0 aromatic heterocycles. The third kappa shape index (κ3) is 4.42. The zero-order valence-electron chi connectivity index (χ0n) is 13.2. The van der Waals surface area contributed by atoms with Gasteiger partial charge in [-0.2, -0.15) is 13.2 Å². The number of hydrogen-bond donors (Lipinski definition) is 0. The standard InChI is InChI=1S/C16H11ClF3NO5/c1-2-25-15(22)11-8-10(4-5-13(11)21(23)24)26-14-6-3-9(7-12(14)17)16(18,19)20/h3-8H,2H2,1H3. The third-order valence-electron chi connectivity index (χ3n) is 3.15. The fourth-order valence-electron chi connectivity index (χ4n) is 2.00. The molecule has 2 aromatic rings. The van der Waals surface area contributed by atoms with Gasteiger partial charge < -0.3 is 9.47 Å². The minimum absolute atomic E-state index is 0.00576. The van der Waals surface area contributed by atoms with Crippen molar-refractivity contribution < 1.29 is 32.4 Å². The highest BCUT2D eigenvalue weighted by Gasteiger charge is 2.31. The maximum absolute atomic E-state index is 12.6. The van der Waals surface area contributed by atoms with Crippen LogP contribution in [-0.2, 0) is 10.9 Å². The van der Waals surface area contributed by atoms with E-state index in [9.17, 15) is 28.1 Å².